The fourth-order valence-corrected chi connectivity index (χ4v) is 1.74. The van der Waals surface area contributed by atoms with Gasteiger partial charge in [0.2, 0.25) is 0 Å². The van der Waals surface area contributed by atoms with Crippen LogP contribution in [0, 0.1) is 0 Å². The molecule has 1 N–H and O–H groups in total. The molecular formula is C15H29NO4. The van der Waals surface area contributed by atoms with E-state index < -0.39 is 11.6 Å². The Morgan fingerprint density at radius 3 is 1.95 bits per heavy atom. The lowest BCUT2D eigenvalue weighted by atomic mass is 10.1. The summed E-state index contributed by atoms with van der Waals surface area (Å²) in [5.41, 5.74) is -0.820. The molecule has 0 aliphatic rings. The largest absolute Gasteiger partial charge is 0.481 e. The summed E-state index contributed by atoms with van der Waals surface area (Å²) < 4.78 is 5.41. The normalized spacial score (nSPS) is 12.1. The van der Waals surface area contributed by atoms with Crippen LogP contribution in [0.4, 0.5) is 4.79 Å². The standard InChI is InChI=1S/C15H29NO4/c1-14(2,3)16(13(19)20-15(4,5)6)11-9-7-8-10-12(17)18/h7-11H2,1-6H3,(H,17,18). The minimum Gasteiger partial charge on any atom is -0.481 e. The summed E-state index contributed by atoms with van der Waals surface area (Å²) in [7, 11) is 0. The molecule has 118 valence electrons. The number of hydrogen-bond donors (Lipinski definition) is 1. The van der Waals surface area contributed by atoms with Crippen molar-refractivity contribution in [2.75, 3.05) is 6.54 Å². The molecule has 0 saturated carbocycles. The lowest BCUT2D eigenvalue weighted by Gasteiger charge is -2.36. The summed E-state index contributed by atoms with van der Waals surface area (Å²) in [4.78, 5) is 24.3. The topological polar surface area (TPSA) is 66.8 Å². The molecule has 0 bridgehead atoms. The Hall–Kier alpha value is -1.26. The quantitative estimate of drug-likeness (QED) is 0.757. The molecule has 0 radical (unpaired) electrons. The van der Waals surface area contributed by atoms with Gasteiger partial charge >= 0.3 is 12.1 Å². The van der Waals surface area contributed by atoms with Crippen LogP contribution in [-0.2, 0) is 9.53 Å². The minimum absolute atomic E-state index is 0.182. The van der Waals surface area contributed by atoms with Crippen LogP contribution in [0.1, 0.15) is 67.2 Å². The Kier molecular flexibility index (Phi) is 7.03. The van der Waals surface area contributed by atoms with Gasteiger partial charge in [0.1, 0.15) is 5.60 Å². The van der Waals surface area contributed by atoms with Crippen molar-refractivity contribution in [1.82, 2.24) is 4.90 Å². The van der Waals surface area contributed by atoms with Crippen molar-refractivity contribution in [2.24, 2.45) is 0 Å². The van der Waals surface area contributed by atoms with E-state index in [2.05, 4.69) is 0 Å². The first-order valence-corrected chi connectivity index (χ1v) is 7.16. The first-order chi connectivity index (χ1) is 8.93. The van der Waals surface area contributed by atoms with E-state index in [1.165, 1.54) is 0 Å². The average Bonchev–Trinajstić information content (AvgIpc) is 2.17. The summed E-state index contributed by atoms with van der Waals surface area (Å²) in [6.07, 6.45) is 2.08. The van der Waals surface area contributed by atoms with Gasteiger partial charge in [0.25, 0.3) is 0 Å². The second-order valence-electron chi connectivity index (χ2n) is 7.01. The summed E-state index contributed by atoms with van der Waals surface area (Å²) in [6.45, 7) is 12.0. The highest BCUT2D eigenvalue weighted by Crippen LogP contribution is 2.19. The van der Waals surface area contributed by atoms with E-state index >= 15 is 0 Å². The number of nitrogens with zero attached hydrogens (tertiary/aromatic N) is 1. The molecule has 5 nitrogen and oxygen atoms in total. The molecule has 0 aromatic carbocycles. The first-order valence-electron chi connectivity index (χ1n) is 7.16. The van der Waals surface area contributed by atoms with E-state index in [-0.39, 0.29) is 18.1 Å². The van der Waals surface area contributed by atoms with Crippen molar-refractivity contribution in [3.8, 4) is 0 Å². The van der Waals surface area contributed by atoms with Crippen molar-refractivity contribution >= 4 is 12.1 Å². The molecule has 0 spiro atoms. The van der Waals surface area contributed by atoms with Crippen LogP contribution in [0.15, 0.2) is 0 Å². The van der Waals surface area contributed by atoms with Gasteiger partial charge in [-0.25, -0.2) is 4.79 Å². The molecule has 20 heavy (non-hydrogen) atoms. The van der Waals surface area contributed by atoms with Gasteiger partial charge in [0.05, 0.1) is 0 Å². The Morgan fingerprint density at radius 1 is 1.00 bits per heavy atom. The van der Waals surface area contributed by atoms with Gasteiger partial charge in [0, 0.05) is 18.5 Å². The van der Waals surface area contributed by atoms with Gasteiger partial charge in [-0.3, -0.25) is 4.79 Å². The van der Waals surface area contributed by atoms with Gasteiger partial charge in [0.15, 0.2) is 0 Å². The zero-order valence-corrected chi connectivity index (χ0v) is 13.7. The number of hydrogen-bond acceptors (Lipinski definition) is 3. The van der Waals surface area contributed by atoms with Crippen molar-refractivity contribution < 1.29 is 19.4 Å². The monoisotopic (exact) mass is 287 g/mol. The van der Waals surface area contributed by atoms with Crippen molar-refractivity contribution in [3.63, 3.8) is 0 Å². The predicted octanol–water partition coefficient (Wildman–Crippen LogP) is 3.67. The van der Waals surface area contributed by atoms with E-state index in [0.717, 1.165) is 12.8 Å². The molecule has 0 heterocycles. The molecule has 0 rings (SSSR count). The summed E-state index contributed by atoms with van der Waals surface area (Å²) in [5.74, 6) is -0.773. The minimum atomic E-state index is -0.773. The Morgan fingerprint density at radius 2 is 1.55 bits per heavy atom. The SMILES string of the molecule is CC(C)(C)OC(=O)N(CCCCCC(=O)O)C(C)(C)C. The number of unbranched alkanes of at least 4 members (excludes halogenated alkanes) is 2. The van der Waals surface area contributed by atoms with Gasteiger partial charge < -0.3 is 14.7 Å². The second kappa shape index (κ2) is 7.50. The molecule has 0 unspecified atom stereocenters. The summed E-state index contributed by atoms with van der Waals surface area (Å²) >= 11 is 0. The Bertz CT molecular complexity index is 326. The number of rotatable bonds is 6. The van der Waals surface area contributed by atoms with Crippen molar-refractivity contribution in [1.29, 1.82) is 0 Å². The van der Waals surface area contributed by atoms with Crippen LogP contribution in [0.3, 0.4) is 0 Å². The second-order valence-corrected chi connectivity index (χ2v) is 7.01. The van der Waals surface area contributed by atoms with Crippen molar-refractivity contribution in [2.45, 2.75) is 78.4 Å². The smallest absolute Gasteiger partial charge is 0.410 e. The average molecular weight is 287 g/mol. The number of amides is 1. The van der Waals surface area contributed by atoms with Gasteiger partial charge in [-0.05, 0) is 54.4 Å². The number of carboxylic acid groups (broad SMARTS) is 1. The molecule has 0 aromatic rings. The third-order valence-corrected chi connectivity index (χ3v) is 2.70. The molecule has 1 amide bonds. The van der Waals surface area contributed by atoms with E-state index in [4.69, 9.17) is 9.84 Å². The number of carbonyl (C=O) groups excluding carboxylic acids is 1. The zero-order chi connectivity index (χ0) is 16.0. The van der Waals surface area contributed by atoms with E-state index in [1.807, 2.05) is 41.5 Å². The first kappa shape index (κ1) is 18.7. The molecule has 0 aliphatic carbocycles. The van der Waals surface area contributed by atoms with Crippen LogP contribution in [0.2, 0.25) is 0 Å². The molecular weight excluding hydrogens is 258 g/mol. The third kappa shape index (κ3) is 8.77. The van der Waals surface area contributed by atoms with E-state index in [0.29, 0.717) is 13.0 Å². The molecule has 0 aliphatic heterocycles. The molecule has 0 aromatic heterocycles. The summed E-state index contributed by atoms with van der Waals surface area (Å²) in [5, 5.41) is 8.58. The number of carboxylic acids is 1. The van der Waals surface area contributed by atoms with Crippen LogP contribution >= 0.6 is 0 Å². The Balaban J connectivity index is 4.38. The maximum Gasteiger partial charge on any atom is 0.410 e. The highest BCUT2D eigenvalue weighted by atomic mass is 16.6. The Labute approximate surface area is 122 Å². The highest BCUT2D eigenvalue weighted by Gasteiger charge is 2.29. The fraction of sp³-hybridized carbons (Fsp3) is 0.867. The number of aliphatic carboxylic acids is 1. The van der Waals surface area contributed by atoms with Crippen molar-refractivity contribution in [3.05, 3.63) is 0 Å². The third-order valence-electron chi connectivity index (χ3n) is 2.70. The highest BCUT2D eigenvalue weighted by molar-refractivity contribution is 5.69. The maximum absolute atomic E-state index is 12.2. The molecule has 5 heteroatoms. The lowest BCUT2D eigenvalue weighted by Crippen LogP contribution is -2.48. The van der Waals surface area contributed by atoms with Crippen LogP contribution in [0.5, 0.6) is 0 Å². The maximum atomic E-state index is 12.2. The molecule has 0 fully saturated rings. The zero-order valence-electron chi connectivity index (χ0n) is 13.7. The molecule has 0 atom stereocenters. The number of carbonyl (C=O) groups is 2. The van der Waals surface area contributed by atoms with Gasteiger partial charge in [-0.1, -0.05) is 6.42 Å². The fourth-order valence-electron chi connectivity index (χ4n) is 1.74. The summed E-state index contributed by atoms with van der Waals surface area (Å²) in [6, 6.07) is 0. The van der Waals surface area contributed by atoms with Crippen LogP contribution < -0.4 is 0 Å². The van der Waals surface area contributed by atoms with E-state index in [9.17, 15) is 9.59 Å². The van der Waals surface area contributed by atoms with Crippen LogP contribution in [-0.4, -0.2) is 39.8 Å². The lowest BCUT2D eigenvalue weighted by molar-refractivity contribution is -0.137. The molecule has 0 saturated heterocycles. The van der Waals surface area contributed by atoms with Crippen LogP contribution in [0.25, 0.3) is 0 Å². The van der Waals surface area contributed by atoms with Gasteiger partial charge in [-0.2, -0.15) is 0 Å². The van der Waals surface area contributed by atoms with E-state index in [1.54, 1.807) is 4.90 Å². The number of ether oxygens (including phenoxy) is 1. The predicted molar refractivity (Wildman–Crippen MR) is 78.8 cm³/mol. The van der Waals surface area contributed by atoms with Gasteiger partial charge in [-0.15, -0.1) is 0 Å².